The second-order valence-corrected chi connectivity index (χ2v) is 8.85. The molecule has 0 saturated carbocycles. The summed E-state index contributed by atoms with van der Waals surface area (Å²) in [5.41, 5.74) is 8.29. The van der Waals surface area contributed by atoms with Gasteiger partial charge in [-0.1, -0.05) is 30.3 Å². The number of benzene rings is 1. The van der Waals surface area contributed by atoms with Gasteiger partial charge < -0.3 is 9.80 Å². The standard InChI is InChI=1S/C22H36N4/c1-18-15-22(24-23-18)17-26-12-8-20(9-13-26)21-10-14-25(16-21)11-7-19-5-3-2-4-6-19/h2-6,18,20-24H,7-17H2,1H3. The SMILES string of the molecule is CC1CC(CN2CCC(C3CCN(CCc4ccccc4)C3)CC2)NN1. The van der Waals surface area contributed by atoms with Crippen molar-refractivity contribution in [1.82, 2.24) is 20.7 Å². The quantitative estimate of drug-likeness (QED) is 0.820. The van der Waals surface area contributed by atoms with E-state index in [1.165, 1.54) is 76.9 Å². The van der Waals surface area contributed by atoms with Gasteiger partial charge in [0, 0.05) is 31.7 Å². The summed E-state index contributed by atoms with van der Waals surface area (Å²) in [6.07, 6.45) is 6.70. The van der Waals surface area contributed by atoms with Crippen LogP contribution in [-0.2, 0) is 6.42 Å². The largest absolute Gasteiger partial charge is 0.303 e. The van der Waals surface area contributed by atoms with Crippen LogP contribution >= 0.6 is 0 Å². The Morgan fingerprint density at radius 2 is 1.65 bits per heavy atom. The molecule has 4 nitrogen and oxygen atoms in total. The van der Waals surface area contributed by atoms with Crippen LogP contribution in [0.1, 0.15) is 38.2 Å². The number of hydrazine groups is 1. The molecule has 0 spiro atoms. The zero-order chi connectivity index (χ0) is 17.8. The first kappa shape index (κ1) is 18.4. The molecule has 1 aromatic carbocycles. The minimum atomic E-state index is 0.623. The molecule has 3 aliphatic rings. The Bertz CT molecular complexity index is 540. The van der Waals surface area contributed by atoms with Gasteiger partial charge >= 0.3 is 0 Å². The Hall–Kier alpha value is -0.940. The number of nitrogens with one attached hydrogen (secondary N) is 2. The maximum absolute atomic E-state index is 3.45. The summed E-state index contributed by atoms with van der Waals surface area (Å²) in [7, 11) is 0. The van der Waals surface area contributed by atoms with Crippen molar-refractivity contribution in [2.75, 3.05) is 39.3 Å². The average Bonchev–Trinajstić information content (AvgIpc) is 3.31. The topological polar surface area (TPSA) is 30.5 Å². The minimum Gasteiger partial charge on any atom is -0.303 e. The molecule has 26 heavy (non-hydrogen) atoms. The summed E-state index contributed by atoms with van der Waals surface area (Å²) in [6.45, 7) is 9.98. The van der Waals surface area contributed by atoms with E-state index in [1.807, 2.05) is 0 Å². The zero-order valence-electron chi connectivity index (χ0n) is 16.4. The van der Waals surface area contributed by atoms with E-state index >= 15 is 0 Å². The van der Waals surface area contributed by atoms with Gasteiger partial charge in [-0.3, -0.25) is 10.9 Å². The Kier molecular flexibility index (Phi) is 6.26. The van der Waals surface area contributed by atoms with Crippen LogP contribution in [-0.4, -0.2) is 61.2 Å². The Morgan fingerprint density at radius 3 is 2.38 bits per heavy atom. The molecule has 3 fully saturated rings. The second kappa shape index (κ2) is 8.83. The van der Waals surface area contributed by atoms with Crippen LogP contribution in [0.4, 0.5) is 0 Å². The molecule has 3 unspecified atom stereocenters. The summed E-state index contributed by atoms with van der Waals surface area (Å²) in [6, 6.07) is 12.2. The van der Waals surface area contributed by atoms with Gasteiger partial charge in [0.05, 0.1) is 0 Å². The van der Waals surface area contributed by atoms with Crippen molar-refractivity contribution in [2.24, 2.45) is 11.8 Å². The summed E-state index contributed by atoms with van der Waals surface area (Å²) in [4.78, 5) is 5.40. The zero-order valence-corrected chi connectivity index (χ0v) is 16.4. The second-order valence-electron chi connectivity index (χ2n) is 8.85. The summed E-state index contributed by atoms with van der Waals surface area (Å²) < 4.78 is 0. The summed E-state index contributed by atoms with van der Waals surface area (Å²) >= 11 is 0. The van der Waals surface area contributed by atoms with Crippen LogP contribution in [0.5, 0.6) is 0 Å². The van der Waals surface area contributed by atoms with Crippen LogP contribution in [0.25, 0.3) is 0 Å². The molecule has 144 valence electrons. The highest BCUT2D eigenvalue weighted by Gasteiger charge is 2.32. The summed E-state index contributed by atoms with van der Waals surface area (Å²) in [5, 5.41) is 0. The number of piperidine rings is 1. The fraction of sp³-hybridized carbons (Fsp3) is 0.727. The number of nitrogens with zero attached hydrogens (tertiary/aromatic N) is 2. The van der Waals surface area contributed by atoms with Gasteiger partial charge in [0.25, 0.3) is 0 Å². The highest BCUT2D eigenvalue weighted by molar-refractivity contribution is 5.14. The monoisotopic (exact) mass is 356 g/mol. The third kappa shape index (κ3) is 4.86. The predicted molar refractivity (Wildman–Crippen MR) is 108 cm³/mol. The van der Waals surface area contributed by atoms with Crippen molar-refractivity contribution in [1.29, 1.82) is 0 Å². The van der Waals surface area contributed by atoms with Crippen molar-refractivity contribution in [3.05, 3.63) is 35.9 Å². The molecule has 0 bridgehead atoms. The van der Waals surface area contributed by atoms with E-state index in [0.29, 0.717) is 12.1 Å². The molecule has 2 N–H and O–H groups in total. The van der Waals surface area contributed by atoms with E-state index in [1.54, 1.807) is 0 Å². The van der Waals surface area contributed by atoms with E-state index in [-0.39, 0.29) is 0 Å². The van der Waals surface area contributed by atoms with Crippen LogP contribution in [0.2, 0.25) is 0 Å². The number of hydrogen-bond acceptors (Lipinski definition) is 4. The van der Waals surface area contributed by atoms with Crippen LogP contribution in [0.3, 0.4) is 0 Å². The third-order valence-corrected chi connectivity index (χ3v) is 6.82. The fourth-order valence-electron chi connectivity index (χ4n) is 5.23. The van der Waals surface area contributed by atoms with E-state index in [4.69, 9.17) is 0 Å². The molecule has 0 amide bonds. The van der Waals surface area contributed by atoms with Crippen molar-refractivity contribution in [2.45, 2.75) is 51.1 Å². The van der Waals surface area contributed by atoms with Crippen LogP contribution in [0.15, 0.2) is 30.3 Å². The first-order chi connectivity index (χ1) is 12.8. The third-order valence-electron chi connectivity index (χ3n) is 6.82. The fourth-order valence-corrected chi connectivity index (χ4v) is 5.23. The molecule has 0 aliphatic carbocycles. The van der Waals surface area contributed by atoms with Gasteiger partial charge in [-0.05, 0) is 76.1 Å². The molecule has 3 atom stereocenters. The van der Waals surface area contributed by atoms with Crippen LogP contribution < -0.4 is 10.9 Å². The first-order valence-corrected chi connectivity index (χ1v) is 10.8. The van der Waals surface area contributed by atoms with Gasteiger partial charge in [0.2, 0.25) is 0 Å². The molecular formula is C22H36N4. The molecule has 3 saturated heterocycles. The molecular weight excluding hydrogens is 320 g/mol. The Morgan fingerprint density at radius 1 is 0.923 bits per heavy atom. The average molecular weight is 357 g/mol. The number of hydrogen-bond donors (Lipinski definition) is 2. The smallest absolute Gasteiger partial charge is 0.0355 e. The lowest BCUT2D eigenvalue weighted by atomic mass is 9.83. The lowest BCUT2D eigenvalue weighted by Gasteiger charge is -2.36. The van der Waals surface area contributed by atoms with Gasteiger partial charge in [-0.25, -0.2) is 0 Å². The first-order valence-electron chi connectivity index (χ1n) is 10.8. The molecule has 4 heteroatoms. The maximum atomic E-state index is 3.45. The van der Waals surface area contributed by atoms with Crippen molar-refractivity contribution in [3.8, 4) is 0 Å². The Labute approximate surface area is 159 Å². The Balaban J connectivity index is 1.16. The molecule has 0 aromatic heterocycles. The number of likely N-dealkylation sites (tertiary alicyclic amines) is 2. The van der Waals surface area contributed by atoms with Gasteiger partial charge in [0.1, 0.15) is 0 Å². The highest BCUT2D eigenvalue weighted by atomic mass is 15.4. The normalized spacial score (nSPS) is 31.7. The molecule has 1 aromatic rings. The van der Waals surface area contributed by atoms with E-state index in [9.17, 15) is 0 Å². The lowest BCUT2D eigenvalue weighted by molar-refractivity contribution is 0.138. The van der Waals surface area contributed by atoms with Gasteiger partial charge in [-0.2, -0.15) is 0 Å². The maximum Gasteiger partial charge on any atom is 0.0355 e. The molecule has 3 aliphatic heterocycles. The van der Waals surface area contributed by atoms with Crippen molar-refractivity contribution in [3.63, 3.8) is 0 Å². The van der Waals surface area contributed by atoms with E-state index < -0.39 is 0 Å². The van der Waals surface area contributed by atoms with E-state index in [0.717, 1.165) is 11.8 Å². The van der Waals surface area contributed by atoms with Gasteiger partial charge in [0.15, 0.2) is 0 Å². The van der Waals surface area contributed by atoms with Gasteiger partial charge in [-0.15, -0.1) is 0 Å². The van der Waals surface area contributed by atoms with Crippen molar-refractivity contribution >= 4 is 0 Å². The van der Waals surface area contributed by atoms with Crippen LogP contribution in [0, 0.1) is 11.8 Å². The molecule has 3 heterocycles. The van der Waals surface area contributed by atoms with E-state index in [2.05, 4.69) is 57.9 Å². The summed E-state index contributed by atoms with van der Waals surface area (Å²) in [5.74, 6) is 1.90. The molecule has 4 rings (SSSR count). The minimum absolute atomic E-state index is 0.623. The molecule has 0 radical (unpaired) electrons. The van der Waals surface area contributed by atoms with Crippen molar-refractivity contribution < 1.29 is 0 Å². The predicted octanol–water partition coefficient (Wildman–Crippen LogP) is 2.52. The highest BCUT2D eigenvalue weighted by Crippen LogP contribution is 2.32. The number of rotatable bonds is 6. The lowest BCUT2D eigenvalue weighted by Crippen LogP contribution is -2.44.